The van der Waals surface area contributed by atoms with Gasteiger partial charge >= 0.3 is 0 Å². The number of hydrogen-bond acceptors (Lipinski definition) is 3. The third kappa shape index (κ3) is 7.11. The van der Waals surface area contributed by atoms with Gasteiger partial charge in [-0.1, -0.05) is 12.1 Å². The van der Waals surface area contributed by atoms with Crippen molar-refractivity contribution < 1.29 is 9.59 Å². The van der Waals surface area contributed by atoms with Crippen molar-refractivity contribution in [2.24, 2.45) is 5.92 Å². The number of rotatable bonds is 7. The SMILES string of the molecule is CC(=O)Nc1cccc(CNC(=O)CNCC2CC2)c1.Cl. The molecule has 116 valence electrons. The third-order valence-electron chi connectivity index (χ3n) is 3.15. The van der Waals surface area contributed by atoms with Crippen molar-refractivity contribution in [3.8, 4) is 0 Å². The monoisotopic (exact) mass is 311 g/mol. The first-order valence-corrected chi connectivity index (χ1v) is 6.97. The number of nitrogens with one attached hydrogen (secondary N) is 3. The number of amides is 2. The Morgan fingerprint density at radius 2 is 2.05 bits per heavy atom. The third-order valence-corrected chi connectivity index (χ3v) is 3.15. The molecule has 0 aromatic heterocycles. The fourth-order valence-corrected chi connectivity index (χ4v) is 1.94. The van der Waals surface area contributed by atoms with Gasteiger partial charge in [0.1, 0.15) is 0 Å². The Balaban J connectivity index is 0.00000220. The zero-order valence-electron chi connectivity index (χ0n) is 12.1. The first-order valence-electron chi connectivity index (χ1n) is 6.97. The zero-order valence-corrected chi connectivity index (χ0v) is 13.0. The normalized spacial score (nSPS) is 13.2. The lowest BCUT2D eigenvalue weighted by Crippen LogP contribution is -2.34. The summed E-state index contributed by atoms with van der Waals surface area (Å²) < 4.78 is 0. The molecule has 0 radical (unpaired) electrons. The van der Waals surface area contributed by atoms with Crippen molar-refractivity contribution in [3.63, 3.8) is 0 Å². The van der Waals surface area contributed by atoms with Gasteiger partial charge in [0.2, 0.25) is 11.8 Å². The molecule has 0 spiro atoms. The van der Waals surface area contributed by atoms with E-state index in [0.717, 1.165) is 23.7 Å². The molecule has 1 fully saturated rings. The predicted octanol–water partition coefficient (Wildman–Crippen LogP) is 1.68. The topological polar surface area (TPSA) is 70.2 Å². The predicted molar refractivity (Wildman–Crippen MR) is 85.4 cm³/mol. The highest BCUT2D eigenvalue weighted by Gasteiger charge is 2.20. The first kappa shape index (κ1) is 17.5. The Bertz CT molecular complexity index is 490. The standard InChI is InChI=1S/C15H21N3O2.ClH/c1-11(19)18-14-4-2-3-13(7-14)9-17-15(20)10-16-8-12-5-6-12;/h2-4,7,12,16H,5-6,8-10H2,1H3,(H,17,20)(H,18,19);1H. The smallest absolute Gasteiger partial charge is 0.234 e. The van der Waals surface area contributed by atoms with Gasteiger partial charge in [-0.25, -0.2) is 0 Å². The van der Waals surface area contributed by atoms with Crippen molar-refractivity contribution in [2.45, 2.75) is 26.3 Å². The minimum atomic E-state index is -0.101. The largest absolute Gasteiger partial charge is 0.351 e. The van der Waals surface area contributed by atoms with Gasteiger partial charge in [0.15, 0.2) is 0 Å². The van der Waals surface area contributed by atoms with Crippen molar-refractivity contribution >= 4 is 29.9 Å². The highest BCUT2D eigenvalue weighted by molar-refractivity contribution is 5.88. The minimum absolute atomic E-state index is 0. The second kappa shape index (κ2) is 8.64. The summed E-state index contributed by atoms with van der Waals surface area (Å²) in [6.07, 6.45) is 2.56. The Morgan fingerprint density at radius 1 is 1.29 bits per heavy atom. The second-order valence-corrected chi connectivity index (χ2v) is 5.23. The Labute approximate surface area is 131 Å². The van der Waals surface area contributed by atoms with Crippen molar-refractivity contribution in [3.05, 3.63) is 29.8 Å². The molecule has 2 rings (SSSR count). The molecule has 2 amide bonds. The maximum atomic E-state index is 11.6. The zero-order chi connectivity index (χ0) is 14.4. The summed E-state index contributed by atoms with van der Waals surface area (Å²) in [7, 11) is 0. The van der Waals surface area contributed by atoms with Crippen LogP contribution >= 0.6 is 12.4 Å². The molecule has 0 atom stereocenters. The average Bonchev–Trinajstić information content (AvgIpc) is 3.20. The molecule has 1 aromatic rings. The molecular weight excluding hydrogens is 290 g/mol. The van der Waals surface area contributed by atoms with Crippen LogP contribution in [0.4, 0.5) is 5.69 Å². The maximum Gasteiger partial charge on any atom is 0.234 e. The fraction of sp³-hybridized carbons (Fsp3) is 0.467. The van der Waals surface area contributed by atoms with E-state index < -0.39 is 0 Å². The molecule has 6 heteroatoms. The van der Waals surface area contributed by atoms with E-state index in [1.54, 1.807) is 0 Å². The van der Waals surface area contributed by atoms with Crippen molar-refractivity contribution in [1.29, 1.82) is 0 Å². The van der Waals surface area contributed by atoms with Crippen molar-refractivity contribution in [2.75, 3.05) is 18.4 Å². The van der Waals surface area contributed by atoms with Gasteiger partial charge in [-0.05, 0) is 43.0 Å². The first-order chi connectivity index (χ1) is 9.63. The minimum Gasteiger partial charge on any atom is -0.351 e. The average molecular weight is 312 g/mol. The lowest BCUT2D eigenvalue weighted by molar-refractivity contribution is -0.120. The lowest BCUT2D eigenvalue weighted by atomic mass is 10.2. The summed E-state index contributed by atoms with van der Waals surface area (Å²) in [5.74, 6) is 0.670. The number of carbonyl (C=O) groups excluding carboxylic acids is 2. The van der Waals surface area contributed by atoms with Crippen LogP contribution < -0.4 is 16.0 Å². The molecule has 0 bridgehead atoms. The van der Waals surface area contributed by atoms with Gasteiger partial charge in [0.25, 0.3) is 0 Å². The number of carbonyl (C=O) groups is 2. The van der Waals surface area contributed by atoms with Crippen LogP contribution in [-0.4, -0.2) is 24.9 Å². The molecule has 0 heterocycles. The molecule has 1 aromatic carbocycles. The summed E-state index contributed by atoms with van der Waals surface area (Å²) >= 11 is 0. The number of hydrogen-bond donors (Lipinski definition) is 3. The highest BCUT2D eigenvalue weighted by Crippen LogP contribution is 2.27. The molecule has 1 aliphatic rings. The quantitative estimate of drug-likeness (QED) is 0.717. The number of halogens is 1. The highest BCUT2D eigenvalue weighted by atomic mass is 35.5. The van der Waals surface area contributed by atoms with E-state index in [9.17, 15) is 9.59 Å². The van der Waals surface area contributed by atoms with Gasteiger partial charge < -0.3 is 16.0 Å². The van der Waals surface area contributed by atoms with Crippen LogP contribution in [0.2, 0.25) is 0 Å². The van der Waals surface area contributed by atoms with E-state index in [0.29, 0.717) is 13.1 Å². The second-order valence-electron chi connectivity index (χ2n) is 5.23. The van der Waals surface area contributed by atoms with Crippen molar-refractivity contribution in [1.82, 2.24) is 10.6 Å². The molecule has 1 aliphatic carbocycles. The Kier molecular flexibility index (Phi) is 7.19. The molecule has 21 heavy (non-hydrogen) atoms. The van der Waals surface area contributed by atoms with Gasteiger partial charge in [-0.15, -0.1) is 12.4 Å². The lowest BCUT2D eigenvalue weighted by Gasteiger charge is -2.08. The van der Waals surface area contributed by atoms with Gasteiger partial charge in [0, 0.05) is 19.2 Å². The summed E-state index contributed by atoms with van der Waals surface area (Å²) in [5.41, 5.74) is 1.71. The van der Waals surface area contributed by atoms with Gasteiger partial charge in [-0.2, -0.15) is 0 Å². The summed E-state index contributed by atoms with van der Waals surface area (Å²) in [6.45, 7) is 3.24. The Hall–Kier alpha value is -1.59. The molecule has 0 unspecified atom stereocenters. The van der Waals surface area contributed by atoms with Gasteiger partial charge in [0.05, 0.1) is 6.54 Å². The maximum absolute atomic E-state index is 11.6. The van der Waals surface area contributed by atoms with E-state index in [1.165, 1.54) is 19.8 Å². The van der Waals surface area contributed by atoms with Crippen LogP contribution in [0.3, 0.4) is 0 Å². The van der Waals surface area contributed by atoms with E-state index in [-0.39, 0.29) is 24.2 Å². The number of benzene rings is 1. The van der Waals surface area contributed by atoms with Crippen LogP contribution in [0.5, 0.6) is 0 Å². The van der Waals surface area contributed by atoms with Crippen LogP contribution in [0.15, 0.2) is 24.3 Å². The molecular formula is C15H22ClN3O2. The molecule has 1 saturated carbocycles. The Morgan fingerprint density at radius 3 is 2.71 bits per heavy atom. The molecule has 5 nitrogen and oxygen atoms in total. The van der Waals surface area contributed by atoms with Gasteiger partial charge in [-0.3, -0.25) is 9.59 Å². The molecule has 0 aliphatic heterocycles. The van der Waals surface area contributed by atoms with E-state index in [2.05, 4.69) is 16.0 Å². The van der Waals surface area contributed by atoms with Crippen LogP contribution in [-0.2, 0) is 16.1 Å². The van der Waals surface area contributed by atoms with E-state index in [1.807, 2.05) is 24.3 Å². The van der Waals surface area contributed by atoms with Crippen LogP contribution in [0.25, 0.3) is 0 Å². The number of anilines is 1. The summed E-state index contributed by atoms with van der Waals surface area (Å²) in [5, 5.41) is 8.73. The van der Waals surface area contributed by atoms with E-state index in [4.69, 9.17) is 0 Å². The van der Waals surface area contributed by atoms with E-state index >= 15 is 0 Å². The summed E-state index contributed by atoms with van der Waals surface area (Å²) in [6, 6.07) is 7.46. The van der Waals surface area contributed by atoms with Crippen LogP contribution in [0, 0.1) is 5.92 Å². The fourth-order valence-electron chi connectivity index (χ4n) is 1.94. The molecule has 3 N–H and O–H groups in total. The molecule has 0 saturated heterocycles. The summed E-state index contributed by atoms with van der Waals surface area (Å²) in [4.78, 5) is 22.6. The van der Waals surface area contributed by atoms with Crippen LogP contribution in [0.1, 0.15) is 25.3 Å².